The summed E-state index contributed by atoms with van der Waals surface area (Å²) in [5.41, 5.74) is 0. The molecule has 0 aliphatic heterocycles. The zero-order valence-corrected chi connectivity index (χ0v) is 9.07. The summed E-state index contributed by atoms with van der Waals surface area (Å²) in [6.07, 6.45) is 7.01. The van der Waals surface area contributed by atoms with Gasteiger partial charge in [-0.2, -0.15) is 23.5 Å². The maximum absolute atomic E-state index is 2.36. The van der Waals surface area contributed by atoms with Gasteiger partial charge in [0, 0.05) is 4.75 Å². The Kier molecular flexibility index (Phi) is 5.74. The minimum Gasteiger partial charge on any atom is -0.165 e. The summed E-state index contributed by atoms with van der Waals surface area (Å²) in [4.78, 5) is 0. The second kappa shape index (κ2) is 5.36. The fraction of sp³-hybridized carbons (Fsp3) is 1.00. The van der Waals surface area contributed by atoms with E-state index in [1.165, 1.54) is 18.6 Å². The normalized spacial score (nSPS) is 16.8. The first kappa shape index (κ1) is 10.7. The highest BCUT2D eigenvalue weighted by Gasteiger charge is 2.18. The maximum atomic E-state index is 2.36. The Labute approximate surface area is 73.5 Å². The molecule has 2 heteroatoms. The molecular weight excluding hydrogens is 160 g/mol. The van der Waals surface area contributed by atoms with Crippen molar-refractivity contribution in [3.05, 3.63) is 0 Å². The fourth-order valence-electron chi connectivity index (χ4n) is 0.741. The van der Waals surface area contributed by atoms with Crippen molar-refractivity contribution in [3.63, 3.8) is 0 Å². The van der Waals surface area contributed by atoms with E-state index in [0.717, 1.165) is 0 Å². The Morgan fingerprint density at radius 2 is 1.90 bits per heavy atom. The summed E-state index contributed by atoms with van der Waals surface area (Å²) in [6.45, 7) is 4.63. The molecule has 0 aromatic heterocycles. The van der Waals surface area contributed by atoms with E-state index >= 15 is 0 Å². The molecule has 0 rings (SSSR count). The first-order valence-corrected chi connectivity index (χ1v) is 6.34. The van der Waals surface area contributed by atoms with Gasteiger partial charge in [0.25, 0.3) is 0 Å². The van der Waals surface area contributed by atoms with Gasteiger partial charge in [0.15, 0.2) is 0 Å². The summed E-state index contributed by atoms with van der Waals surface area (Å²) in [5.74, 6) is 1.30. The van der Waals surface area contributed by atoms with Crippen LogP contribution < -0.4 is 0 Å². The van der Waals surface area contributed by atoms with Crippen LogP contribution >= 0.6 is 23.5 Å². The molecule has 0 N–H and O–H groups in total. The van der Waals surface area contributed by atoms with Crippen molar-refractivity contribution >= 4 is 23.5 Å². The molecule has 0 heterocycles. The average Bonchev–Trinajstić information content (AvgIpc) is 2.00. The summed E-state index contributed by atoms with van der Waals surface area (Å²) in [6, 6.07) is 0. The third kappa shape index (κ3) is 3.77. The predicted octanol–water partition coefficient (Wildman–Crippen LogP) is 3.27. The second-order valence-corrected chi connectivity index (χ2v) is 5.13. The van der Waals surface area contributed by atoms with Crippen LogP contribution in [0.15, 0.2) is 0 Å². The van der Waals surface area contributed by atoms with Crippen molar-refractivity contribution in [3.8, 4) is 0 Å². The van der Waals surface area contributed by atoms with Gasteiger partial charge >= 0.3 is 0 Å². The van der Waals surface area contributed by atoms with E-state index in [1.807, 2.05) is 23.5 Å². The molecule has 0 saturated heterocycles. The number of hydrogen-bond acceptors (Lipinski definition) is 2. The van der Waals surface area contributed by atoms with Crippen molar-refractivity contribution in [2.24, 2.45) is 0 Å². The van der Waals surface area contributed by atoms with E-state index in [9.17, 15) is 0 Å². The van der Waals surface area contributed by atoms with E-state index in [2.05, 4.69) is 26.4 Å². The van der Waals surface area contributed by atoms with Crippen LogP contribution in [0.1, 0.15) is 26.7 Å². The molecule has 1 unspecified atom stereocenters. The molecule has 0 nitrogen and oxygen atoms in total. The van der Waals surface area contributed by atoms with Crippen LogP contribution in [0.3, 0.4) is 0 Å². The Bertz CT molecular complexity index is 77.3. The van der Waals surface area contributed by atoms with Gasteiger partial charge in [0.05, 0.1) is 0 Å². The largest absolute Gasteiger partial charge is 0.165 e. The van der Waals surface area contributed by atoms with Crippen molar-refractivity contribution in [2.75, 3.05) is 18.3 Å². The SMILES string of the molecule is CCC(C)(CCSC)SC. The molecule has 0 aliphatic carbocycles. The lowest BCUT2D eigenvalue weighted by Crippen LogP contribution is -2.18. The Hall–Kier alpha value is 0.700. The lowest BCUT2D eigenvalue weighted by Gasteiger charge is -2.25. The minimum absolute atomic E-state index is 0.531. The molecule has 10 heavy (non-hydrogen) atoms. The first-order valence-electron chi connectivity index (χ1n) is 3.72. The van der Waals surface area contributed by atoms with Gasteiger partial charge < -0.3 is 0 Å². The van der Waals surface area contributed by atoms with Crippen LogP contribution in [0.2, 0.25) is 0 Å². The second-order valence-electron chi connectivity index (χ2n) is 2.75. The molecular formula is C8H18S2. The number of rotatable bonds is 5. The maximum Gasteiger partial charge on any atom is 0.0134 e. The lowest BCUT2D eigenvalue weighted by molar-refractivity contribution is 0.606. The number of hydrogen-bond donors (Lipinski definition) is 0. The predicted molar refractivity (Wildman–Crippen MR) is 55.2 cm³/mol. The third-order valence-electron chi connectivity index (χ3n) is 2.08. The Morgan fingerprint density at radius 1 is 1.30 bits per heavy atom. The highest BCUT2D eigenvalue weighted by Crippen LogP contribution is 2.30. The molecule has 0 radical (unpaired) electrons. The van der Waals surface area contributed by atoms with Gasteiger partial charge in [-0.1, -0.05) is 13.8 Å². The molecule has 0 amide bonds. The molecule has 0 saturated carbocycles. The van der Waals surface area contributed by atoms with Gasteiger partial charge in [0.1, 0.15) is 0 Å². The van der Waals surface area contributed by atoms with Crippen molar-refractivity contribution in [1.29, 1.82) is 0 Å². The molecule has 0 fully saturated rings. The third-order valence-corrected chi connectivity index (χ3v) is 4.17. The van der Waals surface area contributed by atoms with Gasteiger partial charge in [-0.15, -0.1) is 0 Å². The zero-order chi connectivity index (χ0) is 8.04. The van der Waals surface area contributed by atoms with Gasteiger partial charge in [-0.3, -0.25) is 0 Å². The fourth-order valence-corrected chi connectivity index (χ4v) is 2.12. The van der Waals surface area contributed by atoms with Crippen LogP contribution in [0.4, 0.5) is 0 Å². The standard InChI is InChI=1S/C8H18S2/c1-5-8(2,10-4)6-7-9-3/h5-7H2,1-4H3. The van der Waals surface area contributed by atoms with E-state index in [4.69, 9.17) is 0 Å². The van der Waals surface area contributed by atoms with Gasteiger partial charge in [-0.05, 0) is 31.1 Å². The summed E-state index contributed by atoms with van der Waals surface area (Å²) < 4.78 is 0.531. The molecule has 0 aromatic carbocycles. The quantitative estimate of drug-likeness (QED) is 0.634. The molecule has 0 bridgehead atoms. The topological polar surface area (TPSA) is 0 Å². The van der Waals surface area contributed by atoms with Gasteiger partial charge in [0.2, 0.25) is 0 Å². The molecule has 0 aliphatic rings. The van der Waals surface area contributed by atoms with Crippen molar-refractivity contribution < 1.29 is 0 Å². The average molecular weight is 178 g/mol. The number of thioether (sulfide) groups is 2. The summed E-state index contributed by atoms with van der Waals surface area (Å²) in [7, 11) is 0. The summed E-state index contributed by atoms with van der Waals surface area (Å²) >= 11 is 3.94. The first-order chi connectivity index (χ1) is 4.68. The zero-order valence-electron chi connectivity index (χ0n) is 7.44. The van der Waals surface area contributed by atoms with Crippen LogP contribution in [-0.4, -0.2) is 23.0 Å². The van der Waals surface area contributed by atoms with E-state index in [0.29, 0.717) is 4.75 Å². The highest BCUT2D eigenvalue weighted by molar-refractivity contribution is 8.00. The van der Waals surface area contributed by atoms with Crippen molar-refractivity contribution in [1.82, 2.24) is 0 Å². The van der Waals surface area contributed by atoms with Crippen LogP contribution in [0.5, 0.6) is 0 Å². The monoisotopic (exact) mass is 178 g/mol. The smallest absolute Gasteiger partial charge is 0.0134 e. The van der Waals surface area contributed by atoms with Crippen LogP contribution in [0.25, 0.3) is 0 Å². The van der Waals surface area contributed by atoms with E-state index in [1.54, 1.807) is 0 Å². The Balaban J connectivity index is 3.58. The molecule has 0 aromatic rings. The highest BCUT2D eigenvalue weighted by atomic mass is 32.2. The van der Waals surface area contributed by atoms with Crippen LogP contribution in [-0.2, 0) is 0 Å². The van der Waals surface area contributed by atoms with Crippen molar-refractivity contribution in [2.45, 2.75) is 31.4 Å². The molecule has 62 valence electrons. The molecule has 1 atom stereocenters. The lowest BCUT2D eigenvalue weighted by atomic mass is 10.1. The minimum atomic E-state index is 0.531. The van der Waals surface area contributed by atoms with E-state index in [-0.39, 0.29) is 0 Å². The van der Waals surface area contributed by atoms with E-state index < -0.39 is 0 Å². The van der Waals surface area contributed by atoms with Gasteiger partial charge in [-0.25, -0.2) is 0 Å². The van der Waals surface area contributed by atoms with Crippen LogP contribution in [0, 0.1) is 0 Å². The summed E-state index contributed by atoms with van der Waals surface area (Å²) in [5, 5.41) is 0. The Morgan fingerprint density at radius 3 is 2.20 bits per heavy atom. The molecule has 0 spiro atoms.